The molecule has 0 unspecified atom stereocenters. The minimum absolute atomic E-state index is 0.401. The van der Waals surface area contributed by atoms with Crippen molar-refractivity contribution in [2.75, 3.05) is 38.1 Å². The van der Waals surface area contributed by atoms with E-state index in [0.29, 0.717) is 23.1 Å². The molecular weight excluding hydrogens is 318 g/mol. The summed E-state index contributed by atoms with van der Waals surface area (Å²) in [7, 11) is 2.15. The van der Waals surface area contributed by atoms with Crippen LogP contribution in [0.5, 0.6) is 0 Å². The number of nitrogens with one attached hydrogen (secondary N) is 1. The fourth-order valence-electron chi connectivity index (χ4n) is 2.89. The average Bonchev–Trinajstić information content (AvgIpc) is 3.32. The Morgan fingerprint density at radius 3 is 2.76 bits per heavy atom. The lowest BCUT2D eigenvalue weighted by Gasteiger charge is -2.34. The Balaban J connectivity index is 1.57. The third kappa shape index (κ3) is 3.25. The monoisotopic (exact) mass is 339 g/mol. The van der Waals surface area contributed by atoms with Crippen LogP contribution in [0.25, 0.3) is 23.1 Å². The third-order valence-electron chi connectivity index (χ3n) is 4.50. The van der Waals surface area contributed by atoms with Crippen LogP contribution >= 0.6 is 0 Å². The second kappa shape index (κ2) is 6.64. The van der Waals surface area contributed by atoms with Crippen LogP contribution in [0.1, 0.15) is 12.6 Å². The first-order valence-electron chi connectivity index (χ1n) is 8.51. The Kier molecular flexibility index (Phi) is 4.19. The lowest BCUT2D eigenvalue weighted by atomic mass is 10.2. The summed E-state index contributed by atoms with van der Waals surface area (Å²) in [6, 6.07) is 5.96. The molecule has 8 nitrogen and oxygen atoms in total. The number of aryl methyl sites for hydroxylation is 1. The van der Waals surface area contributed by atoms with Crippen LogP contribution < -0.4 is 4.90 Å². The van der Waals surface area contributed by atoms with Gasteiger partial charge in [-0.15, -0.1) is 0 Å². The molecule has 130 valence electrons. The summed E-state index contributed by atoms with van der Waals surface area (Å²) in [6.07, 6.45) is 2.67. The highest BCUT2D eigenvalue weighted by atomic mass is 16.5. The van der Waals surface area contributed by atoms with Gasteiger partial charge in [-0.3, -0.25) is 10.1 Å². The molecule has 3 aromatic rings. The Hall–Kier alpha value is -2.74. The number of hydrogen-bond donors (Lipinski definition) is 1. The fraction of sp³-hybridized carbons (Fsp3) is 0.412. The number of aromatic amines is 1. The maximum absolute atomic E-state index is 5.36. The first-order valence-corrected chi connectivity index (χ1v) is 8.51. The van der Waals surface area contributed by atoms with Gasteiger partial charge in [0.25, 0.3) is 5.89 Å². The largest absolute Gasteiger partial charge is 0.369 e. The molecule has 0 amide bonds. The second-order valence-corrected chi connectivity index (χ2v) is 6.24. The molecule has 0 aromatic carbocycles. The fourth-order valence-corrected chi connectivity index (χ4v) is 2.89. The molecule has 0 atom stereocenters. The van der Waals surface area contributed by atoms with Crippen molar-refractivity contribution in [1.29, 1.82) is 0 Å². The van der Waals surface area contributed by atoms with Crippen LogP contribution in [0.3, 0.4) is 0 Å². The van der Waals surface area contributed by atoms with E-state index in [1.54, 1.807) is 6.20 Å². The second-order valence-electron chi connectivity index (χ2n) is 6.24. The molecule has 1 N–H and O–H groups in total. The van der Waals surface area contributed by atoms with Crippen LogP contribution in [0.4, 0.5) is 5.69 Å². The average molecular weight is 339 g/mol. The van der Waals surface area contributed by atoms with E-state index in [2.05, 4.69) is 49.1 Å². The number of pyridine rings is 1. The predicted octanol–water partition coefficient (Wildman–Crippen LogP) is 1.84. The summed E-state index contributed by atoms with van der Waals surface area (Å²) >= 11 is 0. The van der Waals surface area contributed by atoms with Crippen molar-refractivity contribution < 1.29 is 4.52 Å². The number of likely N-dealkylation sites (N-methyl/N-ethyl adjacent to an activating group) is 1. The molecule has 0 aliphatic carbocycles. The number of anilines is 1. The highest BCUT2D eigenvalue weighted by molar-refractivity contribution is 5.60. The van der Waals surface area contributed by atoms with E-state index in [1.807, 2.05) is 18.2 Å². The van der Waals surface area contributed by atoms with Gasteiger partial charge in [0, 0.05) is 43.8 Å². The van der Waals surface area contributed by atoms with Gasteiger partial charge in [-0.2, -0.15) is 10.1 Å². The van der Waals surface area contributed by atoms with Crippen molar-refractivity contribution in [3.8, 4) is 23.1 Å². The van der Waals surface area contributed by atoms with Crippen molar-refractivity contribution in [3.63, 3.8) is 0 Å². The summed E-state index contributed by atoms with van der Waals surface area (Å²) < 4.78 is 5.36. The Morgan fingerprint density at radius 1 is 1.16 bits per heavy atom. The smallest absolute Gasteiger partial charge is 0.278 e. The number of aromatic nitrogens is 5. The molecule has 0 saturated carbocycles. The van der Waals surface area contributed by atoms with E-state index in [9.17, 15) is 0 Å². The maximum atomic E-state index is 5.36. The van der Waals surface area contributed by atoms with Crippen LogP contribution in [0.15, 0.2) is 28.9 Å². The number of rotatable bonds is 4. The molecule has 1 aliphatic rings. The standard InChI is InChI=1S/C17H21N7O/c1-3-12-10-15(21-20-12)17-19-16(22-25-17)14-11-13(4-5-18-14)24-8-6-23(2)7-9-24/h4-5,10-11H,3,6-9H2,1-2H3,(H,20,21). The van der Waals surface area contributed by atoms with E-state index in [4.69, 9.17) is 4.52 Å². The lowest BCUT2D eigenvalue weighted by Crippen LogP contribution is -2.44. The Labute approximate surface area is 145 Å². The van der Waals surface area contributed by atoms with E-state index < -0.39 is 0 Å². The van der Waals surface area contributed by atoms with Gasteiger partial charge in [0.05, 0.1) is 0 Å². The van der Waals surface area contributed by atoms with Crippen molar-refractivity contribution >= 4 is 5.69 Å². The number of piperazine rings is 1. The zero-order chi connectivity index (χ0) is 17.2. The number of H-pyrrole nitrogens is 1. The molecule has 3 aromatic heterocycles. The van der Waals surface area contributed by atoms with Crippen molar-refractivity contribution in [3.05, 3.63) is 30.1 Å². The number of hydrogen-bond acceptors (Lipinski definition) is 7. The Bertz CT molecular complexity index is 848. The van der Waals surface area contributed by atoms with Gasteiger partial charge >= 0.3 is 0 Å². The highest BCUT2D eigenvalue weighted by Crippen LogP contribution is 2.24. The third-order valence-corrected chi connectivity index (χ3v) is 4.50. The van der Waals surface area contributed by atoms with Gasteiger partial charge in [0.1, 0.15) is 5.69 Å². The number of nitrogens with zero attached hydrogens (tertiary/aromatic N) is 6. The van der Waals surface area contributed by atoms with Gasteiger partial charge < -0.3 is 14.3 Å². The predicted molar refractivity (Wildman–Crippen MR) is 94.2 cm³/mol. The van der Waals surface area contributed by atoms with Crippen LogP contribution in [-0.2, 0) is 6.42 Å². The van der Waals surface area contributed by atoms with Crippen molar-refractivity contribution in [2.24, 2.45) is 0 Å². The quantitative estimate of drug-likeness (QED) is 0.776. The van der Waals surface area contributed by atoms with Gasteiger partial charge in [-0.05, 0) is 31.7 Å². The topological polar surface area (TPSA) is 87.0 Å². The van der Waals surface area contributed by atoms with Gasteiger partial charge in [-0.1, -0.05) is 12.1 Å². The molecular formula is C17H21N7O. The van der Waals surface area contributed by atoms with Gasteiger partial charge in [-0.25, -0.2) is 0 Å². The van der Waals surface area contributed by atoms with E-state index in [0.717, 1.165) is 44.0 Å². The molecule has 0 radical (unpaired) electrons. The lowest BCUT2D eigenvalue weighted by molar-refractivity contribution is 0.313. The van der Waals surface area contributed by atoms with E-state index in [-0.39, 0.29) is 0 Å². The maximum Gasteiger partial charge on any atom is 0.278 e. The highest BCUT2D eigenvalue weighted by Gasteiger charge is 2.17. The SMILES string of the molecule is CCc1cc(-c2nc(-c3cc(N4CCN(C)CC4)ccn3)no2)n[nH]1. The minimum Gasteiger partial charge on any atom is -0.369 e. The van der Waals surface area contributed by atoms with Crippen molar-refractivity contribution in [1.82, 2.24) is 30.2 Å². The summed E-state index contributed by atoms with van der Waals surface area (Å²) in [5.41, 5.74) is 3.53. The summed E-state index contributed by atoms with van der Waals surface area (Å²) in [4.78, 5) is 13.5. The molecule has 0 spiro atoms. The molecule has 25 heavy (non-hydrogen) atoms. The first kappa shape index (κ1) is 15.8. The summed E-state index contributed by atoms with van der Waals surface area (Å²) in [6.45, 7) is 6.19. The van der Waals surface area contributed by atoms with Crippen LogP contribution in [0.2, 0.25) is 0 Å². The molecule has 4 rings (SSSR count). The van der Waals surface area contributed by atoms with Crippen LogP contribution in [-0.4, -0.2) is 63.4 Å². The van der Waals surface area contributed by atoms with Gasteiger partial charge in [0.15, 0.2) is 5.69 Å². The Morgan fingerprint density at radius 2 is 2.00 bits per heavy atom. The van der Waals surface area contributed by atoms with E-state index in [1.165, 1.54) is 0 Å². The molecule has 1 saturated heterocycles. The van der Waals surface area contributed by atoms with E-state index >= 15 is 0 Å². The van der Waals surface area contributed by atoms with Gasteiger partial charge in [0.2, 0.25) is 5.82 Å². The van der Waals surface area contributed by atoms with Crippen molar-refractivity contribution in [2.45, 2.75) is 13.3 Å². The molecule has 4 heterocycles. The zero-order valence-corrected chi connectivity index (χ0v) is 14.4. The molecule has 1 aliphatic heterocycles. The molecule has 0 bridgehead atoms. The zero-order valence-electron chi connectivity index (χ0n) is 14.4. The normalized spacial score (nSPS) is 15.7. The summed E-state index contributed by atoms with van der Waals surface area (Å²) in [5.74, 6) is 0.879. The molecule has 8 heteroatoms. The van der Waals surface area contributed by atoms with Crippen LogP contribution in [0, 0.1) is 0 Å². The minimum atomic E-state index is 0.401. The summed E-state index contributed by atoms with van der Waals surface area (Å²) in [5, 5.41) is 11.2. The first-order chi connectivity index (χ1) is 12.2. The molecule has 1 fully saturated rings.